The van der Waals surface area contributed by atoms with Gasteiger partial charge in [-0.3, -0.25) is 10.1 Å². The highest BCUT2D eigenvalue weighted by molar-refractivity contribution is 5.63. The highest BCUT2D eigenvalue weighted by Gasteiger charge is 2.14. The lowest BCUT2D eigenvalue weighted by Gasteiger charge is -2.07. The predicted octanol–water partition coefficient (Wildman–Crippen LogP) is 1.94. The number of H-pyrrole nitrogens is 1. The van der Waals surface area contributed by atoms with Crippen LogP contribution < -0.4 is 10.1 Å². The maximum absolute atomic E-state index is 10.9. The molecular formula is C11H12N4O3. The van der Waals surface area contributed by atoms with Crippen LogP contribution in [-0.4, -0.2) is 22.0 Å². The second-order valence-electron chi connectivity index (χ2n) is 3.57. The van der Waals surface area contributed by atoms with Crippen molar-refractivity contribution in [3.05, 3.63) is 46.5 Å². The zero-order chi connectivity index (χ0) is 13.0. The lowest BCUT2D eigenvalue weighted by atomic mass is 10.2. The van der Waals surface area contributed by atoms with Gasteiger partial charge in [-0.1, -0.05) is 0 Å². The summed E-state index contributed by atoms with van der Waals surface area (Å²) in [4.78, 5) is 17.3. The van der Waals surface area contributed by atoms with E-state index >= 15 is 0 Å². The summed E-state index contributed by atoms with van der Waals surface area (Å²) in [6.07, 6.45) is 3.21. The molecule has 0 amide bonds. The highest BCUT2D eigenvalue weighted by Crippen LogP contribution is 2.29. The molecular weight excluding hydrogens is 236 g/mol. The summed E-state index contributed by atoms with van der Waals surface area (Å²) in [6.45, 7) is 0.438. The van der Waals surface area contributed by atoms with Crippen LogP contribution >= 0.6 is 0 Å². The van der Waals surface area contributed by atoms with Crippen LogP contribution in [0, 0.1) is 10.1 Å². The molecule has 0 radical (unpaired) electrons. The molecule has 0 aliphatic heterocycles. The number of methoxy groups -OCH3 is 1. The third-order valence-electron chi connectivity index (χ3n) is 2.43. The van der Waals surface area contributed by atoms with Gasteiger partial charge in [0.05, 0.1) is 36.7 Å². The van der Waals surface area contributed by atoms with Crippen molar-refractivity contribution in [2.24, 2.45) is 0 Å². The second-order valence-corrected chi connectivity index (χ2v) is 3.57. The van der Waals surface area contributed by atoms with Crippen molar-refractivity contribution in [1.82, 2.24) is 9.97 Å². The Morgan fingerprint density at radius 2 is 2.39 bits per heavy atom. The van der Waals surface area contributed by atoms with Crippen molar-refractivity contribution < 1.29 is 9.66 Å². The fourth-order valence-electron chi connectivity index (χ4n) is 1.51. The average molecular weight is 248 g/mol. The number of imidazole rings is 1. The third-order valence-corrected chi connectivity index (χ3v) is 2.43. The molecule has 18 heavy (non-hydrogen) atoms. The van der Waals surface area contributed by atoms with Gasteiger partial charge in [0.25, 0.3) is 5.69 Å². The molecule has 0 fully saturated rings. The first-order valence-corrected chi connectivity index (χ1v) is 5.24. The van der Waals surface area contributed by atoms with Crippen LogP contribution in [0.15, 0.2) is 30.7 Å². The normalized spacial score (nSPS) is 10.1. The Labute approximate surface area is 103 Å². The summed E-state index contributed by atoms with van der Waals surface area (Å²) in [5.74, 6) is 0.453. The van der Waals surface area contributed by atoms with Crippen LogP contribution in [0.4, 0.5) is 11.4 Å². The van der Waals surface area contributed by atoms with Crippen LogP contribution in [0.3, 0.4) is 0 Å². The molecule has 94 valence electrons. The zero-order valence-electron chi connectivity index (χ0n) is 9.71. The number of hydrogen-bond donors (Lipinski definition) is 2. The molecule has 7 nitrogen and oxygen atoms in total. The maximum atomic E-state index is 10.9. The van der Waals surface area contributed by atoms with Crippen molar-refractivity contribution in [2.75, 3.05) is 12.4 Å². The number of anilines is 1. The Hall–Kier alpha value is -2.57. The topological polar surface area (TPSA) is 93.1 Å². The summed E-state index contributed by atoms with van der Waals surface area (Å²) < 4.78 is 4.96. The number of benzene rings is 1. The van der Waals surface area contributed by atoms with E-state index in [-0.39, 0.29) is 5.69 Å². The van der Waals surface area contributed by atoms with Crippen LogP contribution in [0.1, 0.15) is 5.69 Å². The molecule has 0 aliphatic rings. The van der Waals surface area contributed by atoms with Crippen LogP contribution in [0.5, 0.6) is 5.75 Å². The van der Waals surface area contributed by atoms with E-state index in [4.69, 9.17) is 4.74 Å². The van der Waals surface area contributed by atoms with Crippen molar-refractivity contribution in [3.8, 4) is 5.75 Å². The molecule has 0 saturated heterocycles. The number of nitrogens with zero attached hydrogens (tertiary/aromatic N) is 2. The number of hydrogen-bond acceptors (Lipinski definition) is 5. The Morgan fingerprint density at radius 1 is 1.56 bits per heavy atom. The number of rotatable bonds is 5. The largest absolute Gasteiger partial charge is 0.496 e. The molecule has 2 aromatic rings. The maximum Gasteiger partial charge on any atom is 0.296 e. The number of nitro benzene ring substituents is 1. The van der Waals surface area contributed by atoms with Gasteiger partial charge in [-0.2, -0.15) is 0 Å². The molecule has 2 N–H and O–H groups in total. The third kappa shape index (κ3) is 2.57. The molecule has 0 saturated carbocycles. The van der Waals surface area contributed by atoms with E-state index in [1.54, 1.807) is 24.7 Å². The Kier molecular flexibility index (Phi) is 3.42. The smallest absolute Gasteiger partial charge is 0.296 e. The molecule has 0 atom stereocenters. The van der Waals surface area contributed by atoms with Gasteiger partial charge in [0.2, 0.25) is 0 Å². The van der Waals surface area contributed by atoms with E-state index in [0.717, 1.165) is 5.69 Å². The first kappa shape index (κ1) is 11.9. The summed E-state index contributed by atoms with van der Waals surface area (Å²) >= 11 is 0. The molecule has 0 aliphatic carbocycles. The van der Waals surface area contributed by atoms with Gasteiger partial charge in [0.1, 0.15) is 11.4 Å². The highest BCUT2D eigenvalue weighted by atomic mass is 16.6. The van der Waals surface area contributed by atoms with Gasteiger partial charge >= 0.3 is 0 Å². The Morgan fingerprint density at radius 3 is 3.00 bits per heavy atom. The molecule has 7 heteroatoms. The van der Waals surface area contributed by atoms with Crippen molar-refractivity contribution in [2.45, 2.75) is 6.54 Å². The van der Waals surface area contributed by atoms with Crippen LogP contribution in [0.25, 0.3) is 0 Å². The summed E-state index contributed by atoms with van der Waals surface area (Å²) in [5, 5.41) is 13.9. The van der Waals surface area contributed by atoms with Gasteiger partial charge in [-0.15, -0.1) is 0 Å². The van der Waals surface area contributed by atoms with E-state index in [0.29, 0.717) is 18.0 Å². The van der Waals surface area contributed by atoms with Crippen molar-refractivity contribution in [3.63, 3.8) is 0 Å². The van der Waals surface area contributed by atoms with Crippen LogP contribution in [-0.2, 0) is 6.54 Å². The van der Waals surface area contributed by atoms with E-state index in [1.165, 1.54) is 13.2 Å². The number of nitrogens with one attached hydrogen (secondary N) is 2. The van der Waals surface area contributed by atoms with E-state index in [9.17, 15) is 10.1 Å². The lowest BCUT2D eigenvalue weighted by Crippen LogP contribution is -2.03. The second kappa shape index (κ2) is 5.17. The van der Waals surface area contributed by atoms with Gasteiger partial charge in [-0.05, 0) is 12.1 Å². The zero-order valence-corrected chi connectivity index (χ0v) is 9.71. The molecule has 2 rings (SSSR count). The van der Waals surface area contributed by atoms with Crippen molar-refractivity contribution in [1.29, 1.82) is 0 Å². The Balaban J connectivity index is 2.18. The molecule has 1 heterocycles. The molecule has 0 unspecified atom stereocenters. The summed E-state index contributed by atoms with van der Waals surface area (Å²) in [7, 11) is 1.47. The minimum atomic E-state index is -0.447. The average Bonchev–Trinajstić information content (AvgIpc) is 2.89. The lowest BCUT2D eigenvalue weighted by molar-refractivity contribution is -0.384. The first-order valence-electron chi connectivity index (χ1n) is 5.24. The summed E-state index contributed by atoms with van der Waals surface area (Å²) in [6, 6.07) is 4.67. The predicted molar refractivity (Wildman–Crippen MR) is 65.6 cm³/mol. The quantitative estimate of drug-likeness (QED) is 0.623. The minimum Gasteiger partial charge on any atom is -0.496 e. The van der Waals surface area contributed by atoms with Gasteiger partial charge in [0, 0.05) is 6.20 Å². The van der Waals surface area contributed by atoms with Gasteiger partial charge in [-0.25, -0.2) is 4.98 Å². The standard InChI is InChI=1S/C11H12N4O3/c1-18-9-2-3-10(11(4-9)15(16)17)13-6-8-5-12-7-14-8/h2-5,7,13H,6H2,1H3,(H,12,14). The first-order chi connectivity index (χ1) is 8.70. The fourth-order valence-corrected chi connectivity index (χ4v) is 1.51. The fraction of sp³-hybridized carbons (Fsp3) is 0.182. The molecule has 1 aromatic carbocycles. The SMILES string of the molecule is COc1ccc(NCc2cnc[nH]2)c([N+](=O)[O-])c1. The van der Waals surface area contributed by atoms with Gasteiger partial charge in [0.15, 0.2) is 0 Å². The summed E-state index contributed by atoms with van der Waals surface area (Å²) in [5.41, 5.74) is 1.27. The molecule has 0 bridgehead atoms. The minimum absolute atomic E-state index is 0.0196. The van der Waals surface area contributed by atoms with Crippen LogP contribution in [0.2, 0.25) is 0 Å². The number of ether oxygens (including phenoxy) is 1. The molecule has 0 spiro atoms. The number of aromatic nitrogens is 2. The number of nitro groups is 1. The van der Waals surface area contributed by atoms with Gasteiger partial charge < -0.3 is 15.0 Å². The number of aromatic amines is 1. The van der Waals surface area contributed by atoms with E-state index in [1.807, 2.05) is 0 Å². The van der Waals surface area contributed by atoms with Crippen molar-refractivity contribution >= 4 is 11.4 Å². The van der Waals surface area contributed by atoms with E-state index in [2.05, 4.69) is 15.3 Å². The molecule has 1 aromatic heterocycles. The van der Waals surface area contributed by atoms with E-state index < -0.39 is 4.92 Å². The Bertz CT molecular complexity index is 539. The monoisotopic (exact) mass is 248 g/mol.